The van der Waals surface area contributed by atoms with Crippen LogP contribution in [-0.4, -0.2) is 18.8 Å². The lowest BCUT2D eigenvalue weighted by molar-refractivity contribution is 0.409. The Kier molecular flexibility index (Phi) is 7.07. The molecule has 0 amide bonds. The predicted molar refractivity (Wildman–Crippen MR) is 106 cm³/mol. The fourth-order valence-electron chi connectivity index (χ4n) is 2.53. The summed E-state index contributed by atoms with van der Waals surface area (Å²) in [5.41, 5.74) is 3.54. The number of methoxy groups -OCH3 is 1. The van der Waals surface area contributed by atoms with Crippen LogP contribution in [0.15, 0.2) is 48.5 Å². The summed E-state index contributed by atoms with van der Waals surface area (Å²) in [6.07, 6.45) is 2.01. The molecule has 2 aromatic carbocycles. The van der Waals surface area contributed by atoms with E-state index in [1.165, 1.54) is 11.1 Å². The van der Waals surface area contributed by atoms with Crippen molar-refractivity contribution >= 4 is 23.0 Å². The van der Waals surface area contributed by atoms with Gasteiger partial charge in [-0.25, -0.2) is 0 Å². The fraction of sp³-hybridized carbons (Fsp3) is 0.350. The quantitative estimate of drug-likeness (QED) is 0.712. The lowest BCUT2D eigenvalue weighted by Crippen LogP contribution is -2.30. The van der Waals surface area contributed by atoms with Crippen molar-refractivity contribution in [2.75, 3.05) is 19.0 Å². The standard InChI is InChI=1S/C20H26N2OS/c1-4-15(2)16-9-11-18(12-10-16)22-20(24)21-14-13-17-7-5-6-8-19(17)23-3/h5-12,15H,4,13-14H2,1-3H3,(H2,21,22,24). The number of para-hydroxylation sites is 1. The Bertz CT molecular complexity index is 655. The third-order valence-electron chi connectivity index (χ3n) is 4.22. The van der Waals surface area contributed by atoms with Crippen LogP contribution < -0.4 is 15.4 Å². The first-order chi connectivity index (χ1) is 11.6. The summed E-state index contributed by atoms with van der Waals surface area (Å²) in [5, 5.41) is 7.11. The van der Waals surface area contributed by atoms with E-state index in [-0.39, 0.29) is 0 Å². The molecule has 0 heterocycles. The average Bonchev–Trinajstić information content (AvgIpc) is 2.62. The molecule has 0 aliphatic carbocycles. The van der Waals surface area contributed by atoms with Gasteiger partial charge in [0.25, 0.3) is 0 Å². The number of nitrogens with one attached hydrogen (secondary N) is 2. The van der Waals surface area contributed by atoms with Gasteiger partial charge in [-0.05, 0) is 60.3 Å². The van der Waals surface area contributed by atoms with Gasteiger partial charge in [-0.15, -0.1) is 0 Å². The number of hydrogen-bond acceptors (Lipinski definition) is 2. The van der Waals surface area contributed by atoms with E-state index in [2.05, 4.69) is 54.8 Å². The van der Waals surface area contributed by atoms with Gasteiger partial charge in [-0.1, -0.05) is 44.2 Å². The molecule has 128 valence electrons. The maximum atomic E-state index is 5.37. The smallest absolute Gasteiger partial charge is 0.170 e. The van der Waals surface area contributed by atoms with E-state index >= 15 is 0 Å². The first-order valence-corrected chi connectivity index (χ1v) is 8.81. The molecule has 0 aliphatic heterocycles. The van der Waals surface area contributed by atoms with Crippen molar-refractivity contribution in [3.05, 3.63) is 59.7 Å². The van der Waals surface area contributed by atoms with Crippen molar-refractivity contribution in [3.63, 3.8) is 0 Å². The molecule has 24 heavy (non-hydrogen) atoms. The summed E-state index contributed by atoms with van der Waals surface area (Å²) in [4.78, 5) is 0. The van der Waals surface area contributed by atoms with Gasteiger partial charge < -0.3 is 15.4 Å². The normalized spacial score (nSPS) is 11.6. The largest absolute Gasteiger partial charge is 0.496 e. The molecular formula is C20H26N2OS. The predicted octanol–water partition coefficient (Wildman–Crippen LogP) is 4.74. The van der Waals surface area contributed by atoms with Crippen LogP contribution in [-0.2, 0) is 6.42 Å². The van der Waals surface area contributed by atoms with Gasteiger partial charge in [0.05, 0.1) is 7.11 Å². The Labute approximate surface area is 150 Å². The molecule has 4 heteroatoms. The topological polar surface area (TPSA) is 33.3 Å². The highest BCUT2D eigenvalue weighted by molar-refractivity contribution is 7.80. The monoisotopic (exact) mass is 342 g/mol. The Morgan fingerprint density at radius 3 is 2.50 bits per heavy atom. The molecule has 2 aromatic rings. The zero-order valence-electron chi connectivity index (χ0n) is 14.6. The summed E-state index contributed by atoms with van der Waals surface area (Å²) in [6, 6.07) is 16.5. The van der Waals surface area contributed by atoms with Gasteiger partial charge >= 0.3 is 0 Å². The second-order valence-corrected chi connectivity index (χ2v) is 6.28. The number of hydrogen-bond donors (Lipinski definition) is 2. The molecule has 0 radical (unpaired) electrons. The summed E-state index contributed by atoms with van der Waals surface area (Å²) < 4.78 is 5.36. The van der Waals surface area contributed by atoms with Crippen molar-refractivity contribution in [2.24, 2.45) is 0 Å². The zero-order valence-corrected chi connectivity index (χ0v) is 15.5. The van der Waals surface area contributed by atoms with Crippen molar-refractivity contribution in [3.8, 4) is 5.75 Å². The fourth-order valence-corrected chi connectivity index (χ4v) is 2.75. The van der Waals surface area contributed by atoms with E-state index in [1.807, 2.05) is 18.2 Å². The van der Waals surface area contributed by atoms with Crippen LogP contribution in [0.3, 0.4) is 0 Å². The Balaban J connectivity index is 1.81. The second-order valence-electron chi connectivity index (χ2n) is 5.87. The molecule has 0 fully saturated rings. The minimum absolute atomic E-state index is 0.588. The Morgan fingerprint density at radius 2 is 1.83 bits per heavy atom. The number of rotatable bonds is 7. The van der Waals surface area contributed by atoms with Crippen molar-refractivity contribution in [2.45, 2.75) is 32.6 Å². The highest BCUT2D eigenvalue weighted by Crippen LogP contribution is 2.20. The molecule has 0 saturated heterocycles. The van der Waals surface area contributed by atoms with Crippen LogP contribution in [0.25, 0.3) is 0 Å². The first-order valence-electron chi connectivity index (χ1n) is 8.40. The summed E-state index contributed by atoms with van der Waals surface area (Å²) in [5.74, 6) is 1.50. The zero-order chi connectivity index (χ0) is 17.4. The highest BCUT2D eigenvalue weighted by atomic mass is 32.1. The van der Waals surface area contributed by atoms with Crippen LogP contribution in [0.4, 0.5) is 5.69 Å². The molecule has 0 saturated carbocycles. The van der Waals surface area contributed by atoms with E-state index < -0.39 is 0 Å². The van der Waals surface area contributed by atoms with Crippen molar-refractivity contribution in [1.82, 2.24) is 5.32 Å². The van der Waals surface area contributed by atoms with Gasteiger partial charge in [0, 0.05) is 12.2 Å². The highest BCUT2D eigenvalue weighted by Gasteiger charge is 2.04. The molecule has 2 rings (SSSR count). The molecule has 2 N–H and O–H groups in total. The van der Waals surface area contributed by atoms with Gasteiger partial charge in [0.15, 0.2) is 5.11 Å². The summed E-state index contributed by atoms with van der Waals surface area (Å²) >= 11 is 5.37. The molecule has 1 atom stereocenters. The maximum absolute atomic E-state index is 5.37. The maximum Gasteiger partial charge on any atom is 0.170 e. The van der Waals surface area contributed by atoms with E-state index in [1.54, 1.807) is 7.11 Å². The second kappa shape index (κ2) is 9.28. The van der Waals surface area contributed by atoms with Gasteiger partial charge in [0.2, 0.25) is 0 Å². The summed E-state index contributed by atoms with van der Waals surface area (Å²) in [7, 11) is 1.70. The van der Waals surface area contributed by atoms with E-state index in [0.717, 1.165) is 30.8 Å². The number of thiocarbonyl (C=S) groups is 1. The number of ether oxygens (including phenoxy) is 1. The summed E-state index contributed by atoms with van der Waals surface area (Å²) in [6.45, 7) is 5.21. The molecule has 0 aliphatic rings. The average molecular weight is 343 g/mol. The molecule has 0 bridgehead atoms. The minimum Gasteiger partial charge on any atom is -0.496 e. The van der Waals surface area contributed by atoms with Crippen LogP contribution >= 0.6 is 12.2 Å². The third kappa shape index (κ3) is 5.24. The van der Waals surface area contributed by atoms with Crippen LogP contribution in [0.2, 0.25) is 0 Å². The van der Waals surface area contributed by atoms with Crippen molar-refractivity contribution < 1.29 is 4.74 Å². The van der Waals surface area contributed by atoms with E-state index in [9.17, 15) is 0 Å². The number of anilines is 1. The Morgan fingerprint density at radius 1 is 1.12 bits per heavy atom. The SMILES string of the molecule is CCC(C)c1ccc(NC(=S)NCCc2ccccc2OC)cc1. The van der Waals surface area contributed by atoms with Crippen LogP contribution in [0, 0.1) is 0 Å². The molecule has 3 nitrogen and oxygen atoms in total. The lowest BCUT2D eigenvalue weighted by Gasteiger charge is -2.13. The minimum atomic E-state index is 0.588. The molecule has 0 aromatic heterocycles. The Hall–Kier alpha value is -2.07. The van der Waals surface area contributed by atoms with E-state index in [4.69, 9.17) is 17.0 Å². The number of benzene rings is 2. The lowest BCUT2D eigenvalue weighted by atomic mass is 9.99. The van der Waals surface area contributed by atoms with Gasteiger partial charge in [-0.2, -0.15) is 0 Å². The first kappa shape index (κ1) is 18.3. The van der Waals surface area contributed by atoms with Crippen LogP contribution in [0.5, 0.6) is 5.75 Å². The third-order valence-corrected chi connectivity index (χ3v) is 4.47. The van der Waals surface area contributed by atoms with Crippen molar-refractivity contribution in [1.29, 1.82) is 0 Å². The molecule has 0 spiro atoms. The van der Waals surface area contributed by atoms with Gasteiger partial charge in [-0.3, -0.25) is 0 Å². The van der Waals surface area contributed by atoms with Gasteiger partial charge in [0.1, 0.15) is 5.75 Å². The molecule has 1 unspecified atom stereocenters. The molecular weight excluding hydrogens is 316 g/mol. The van der Waals surface area contributed by atoms with E-state index in [0.29, 0.717) is 11.0 Å². The van der Waals surface area contributed by atoms with Crippen LogP contribution in [0.1, 0.15) is 37.3 Å².